The fourth-order valence-electron chi connectivity index (χ4n) is 3.04. The average molecular weight is 367 g/mol. The minimum absolute atomic E-state index is 0.0265. The number of sulfone groups is 1. The molecule has 0 saturated heterocycles. The first-order chi connectivity index (χ1) is 12.3. The molecule has 26 heavy (non-hydrogen) atoms. The van der Waals surface area contributed by atoms with Crippen molar-refractivity contribution < 1.29 is 13.2 Å². The van der Waals surface area contributed by atoms with E-state index in [2.05, 4.69) is 5.32 Å². The van der Waals surface area contributed by atoms with Crippen LogP contribution >= 0.6 is 0 Å². The van der Waals surface area contributed by atoms with Gasteiger partial charge in [0.1, 0.15) is 0 Å². The molecule has 0 aliphatic heterocycles. The molecule has 0 fully saturated rings. The predicted octanol–water partition coefficient (Wildman–Crippen LogP) is 3.88. The maximum absolute atomic E-state index is 12.5. The highest BCUT2D eigenvalue weighted by Crippen LogP contribution is 2.24. The normalized spacial score (nSPS) is 12.7. The molecular formula is C21H21NO3S. The molecule has 3 aromatic rings. The minimum Gasteiger partial charge on any atom is -0.345 e. The monoisotopic (exact) mass is 367 g/mol. The lowest BCUT2D eigenvalue weighted by Crippen LogP contribution is -2.26. The van der Waals surface area contributed by atoms with E-state index in [4.69, 9.17) is 0 Å². The fourth-order valence-corrected chi connectivity index (χ4v) is 3.84. The average Bonchev–Trinajstić information content (AvgIpc) is 2.60. The molecular weight excluding hydrogens is 346 g/mol. The molecule has 1 amide bonds. The van der Waals surface area contributed by atoms with E-state index in [1.54, 1.807) is 24.3 Å². The molecule has 3 aromatic carbocycles. The van der Waals surface area contributed by atoms with Crippen LogP contribution in [-0.2, 0) is 15.6 Å². The maximum atomic E-state index is 12.5. The van der Waals surface area contributed by atoms with Crippen molar-refractivity contribution in [2.45, 2.75) is 18.7 Å². The summed E-state index contributed by atoms with van der Waals surface area (Å²) >= 11 is 0. The SMILES string of the molecule is C[C@@H](NC(=O)c1ccc(CS(C)(=O)=O)cc1)c1cccc2ccccc12. The summed E-state index contributed by atoms with van der Waals surface area (Å²) in [7, 11) is -3.09. The van der Waals surface area contributed by atoms with Gasteiger partial charge in [-0.15, -0.1) is 0 Å². The van der Waals surface area contributed by atoms with E-state index in [9.17, 15) is 13.2 Å². The van der Waals surface area contributed by atoms with Crippen molar-refractivity contribution in [2.75, 3.05) is 6.26 Å². The largest absolute Gasteiger partial charge is 0.345 e. The van der Waals surface area contributed by atoms with Crippen molar-refractivity contribution in [2.24, 2.45) is 0 Å². The highest BCUT2D eigenvalue weighted by Gasteiger charge is 2.14. The zero-order valence-corrected chi connectivity index (χ0v) is 15.6. The molecule has 1 N–H and O–H groups in total. The summed E-state index contributed by atoms with van der Waals surface area (Å²) < 4.78 is 22.7. The van der Waals surface area contributed by atoms with Gasteiger partial charge in [-0.1, -0.05) is 54.6 Å². The summed E-state index contributed by atoms with van der Waals surface area (Å²) in [5, 5.41) is 5.27. The van der Waals surface area contributed by atoms with Gasteiger partial charge in [0, 0.05) is 11.8 Å². The van der Waals surface area contributed by atoms with Gasteiger partial charge in [0.15, 0.2) is 9.84 Å². The van der Waals surface area contributed by atoms with Gasteiger partial charge in [0.25, 0.3) is 5.91 Å². The van der Waals surface area contributed by atoms with Gasteiger partial charge in [-0.05, 0) is 41.0 Å². The summed E-state index contributed by atoms with van der Waals surface area (Å²) in [5.74, 6) is -0.210. The van der Waals surface area contributed by atoms with Crippen molar-refractivity contribution in [1.29, 1.82) is 0 Å². The summed E-state index contributed by atoms with van der Waals surface area (Å²) in [6.45, 7) is 1.96. The number of hydrogen-bond acceptors (Lipinski definition) is 3. The molecule has 0 aliphatic rings. The molecule has 0 radical (unpaired) electrons. The molecule has 0 aliphatic carbocycles. The molecule has 0 unspecified atom stereocenters. The molecule has 4 nitrogen and oxygen atoms in total. The number of amides is 1. The molecule has 0 saturated carbocycles. The van der Waals surface area contributed by atoms with Gasteiger partial charge in [0.05, 0.1) is 11.8 Å². The second kappa shape index (κ2) is 7.30. The Hall–Kier alpha value is -2.66. The number of nitrogens with one attached hydrogen (secondary N) is 1. The Morgan fingerprint density at radius 3 is 2.31 bits per heavy atom. The van der Waals surface area contributed by atoms with Crippen LogP contribution in [0.15, 0.2) is 66.7 Å². The van der Waals surface area contributed by atoms with Crippen LogP contribution in [-0.4, -0.2) is 20.6 Å². The van der Waals surface area contributed by atoms with Crippen LogP contribution in [0.3, 0.4) is 0 Å². The number of carbonyl (C=O) groups is 1. The molecule has 0 spiro atoms. The van der Waals surface area contributed by atoms with Gasteiger partial charge in [0.2, 0.25) is 0 Å². The van der Waals surface area contributed by atoms with Gasteiger partial charge in [-0.25, -0.2) is 8.42 Å². The lowest BCUT2D eigenvalue weighted by molar-refractivity contribution is 0.0940. The van der Waals surface area contributed by atoms with E-state index in [-0.39, 0.29) is 17.7 Å². The third kappa shape index (κ3) is 4.29. The van der Waals surface area contributed by atoms with E-state index >= 15 is 0 Å². The van der Waals surface area contributed by atoms with Crippen molar-refractivity contribution in [3.8, 4) is 0 Å². The van der Waals surface area contributed by atoms with E-state index in [0.29, 0.717) is 11.1 Å². The number of rotatable bonds is 5. The Balaban J connectivity index is 1.77. The second-order valence-electron chi connectivity index (χ2n) is 6.53. The minimum atomic E-state index is -3.09. The van der Waals surface area contributed by atoms with Crippen LogP contribution in [0.25, 0.3) is 10.8 Å². The lowest BCUT2D eigenvalue weighted by atomic mass is 9.99. The summed E-state index contributed by atoms with van der Waals surface area (Å²) in [6.07, 6.45) is 1.19. The highest BCUT2D eigenvalue weighted by atomic mass is 32.2. The zero-order valence-electron chi connectivity index (χ0n) is 14.8. The number of carbonyl (C=O) groups excluding carboxylic acids is 1. The van der Waals surface area contributed by atoms with Gasteiger partial charge in [-0.2, -0.15) is 0 Å². The first kappa shape index (κ1) is 18.1. The van der Waals surface area contributed by atoms with Crippen molar-refractivity contribution in [1.82, 2.24) is 5.32 Å². The molecule has 0 aromatic heterocycles. The van der Waals surface area contributed by atoms with Crippen LogP contribution in [0, 0.1) is 0 Å². The lowest BCUT2D eigenvalue weighted by Gasteiger charge is -2.17. The predicted molar refractivity (Wildman–Crippen MR) is 105 cm³/mol. The van der Waals surface area contributed by atoms with Crippen molar-refractivity contribution >= 4 is 26.5 Å². The first-order valence-corrected chi connectivity index (χ1v) is 10.4. The molecule has 1 atom stereocenters. The molecule has 134 valence electrons. The topological polar surface area (TPSA) is 63.2 Å². The number of hydrogen-bond donors (Lipinski definition) is 1. The molecule has 0 heterocycles. The summed E-state index contributed by atoms with van der Waals surface area (Å²) in [4.78, 5) is 12.5. The first-order valence-electron chi connectivity index (χ1n) is 8.39. The summed E-state index contributed by atoms with van der Waals surface area (Å²) in [5.41, 5.74) is 2.24. The molecule has 5 heteroatoms. The van der Waals surface area contributed by atoms with Gasteiger partial charge >= 0.3 is 0 Å². The Morgan fingerprint density at radius 1 is 0.962 bits per heavy atom. The number of fused-ring (bicyclic) bond motifs is 1. The smallest absolute Gasteiger partial charge is 0.251 e. The van der Waals surface area contributed by atoms with Crippen LogP contribution in [0.1, 0.15) is 34.5 Å². The molecule has 0 bridgehead atoms. The quantitative estimate of drug-likeness (QED) is 0.744. The Kier molecular flexibility index (Phi) is 5.09. The highest BCUT2D eigenvalue weighted by molar-refractivity contribution is 7.89. The van der Waals surface area contributed by atoms with Gasteiger partial charge < -0.3 is 5.32 Å². The second-order valence-corrected chi connectivity index (χ2v) is 8.67. The molecule has 3 rings (SSSR count). The zero-order chi connectivity index (χ0) is 18.7. The van der Waals surface area contributed by atoms with E-state index < -0.39 is 9.84 Å². The van der Waals surface area contributed by atoms with E-state index in [1.165, 1.54) is 6.26 Å². The third-order valence-electron chi connectivity index (χ3n) is 4.28. The van der Waals surface area contributed by atoms with Crippen molar-refractivity contribution in [3.63, 3.8) is 0 Å². The van der Waals surface area contributed by atoms with E-state index in [0.717, 1.165) is 16.3 Å². The van der Waals surface area contributed by atoms with E-state index in [1.807, 2.05) is 49.4 Å². The van der Waals surface area contributed by atoms with Crippen LogP contribution in [0.4, 0.5) is 0 Å². The Bertz CT molecular complexity index is 1040. The fraction of sp³-hybridized carbons (Fsp3) is 0.190. The maximum Gasteiger partial charge on any atom is 0.251 e. The standard InChI is InChI=1S/C21H21NO3S/c1-15(19-9-5-7-17-6-3-4-8-20(17)19)22-21(23)18-12-10-16(11-13-18)14-26(2,24)25/h3-13,15H,14H2,1-2H3,(H,22,23)/t15-/m1/s1. The van der Waals surface area contributed by atoms with Gasteiger partial charge in [-0.3, -0.25) is 4.79 Å². The van der Waals surface area contributed by atoms with Crippen molar-refractivity contribution in [3.05, 3.63) is 83.4 Å². The summed E-state index contributed by atoms with van der Waals surface area (Å²) in [6, 6.07) is 20.7. The van der Waals surface area contributed by atoms with Crippen LogP contribution < -0.4 is 5.32 Å². The third-order valence-corrected chi connectivity index (χ3v) is 5.14. The Morgan fingerprint density at radius 2 is 1.62 bits per heavy atom. The van der Waals surface area contributed by atoms with Crippen LogP contribution in [0.5, 0.6) is 0 Å². The van der Waals surface area contributed by atoms with Crippen LogP contribution in [0.2, 0.25) is 0 Å². The Labute approximate surface area is 153 Å². The number of benzene rings is 3.